The Bertz CT molecular complexity index is 638. The standard InChI is InChI=1S/C14H23BrN2O4S.ClH/c1-14(2,8-16)9-17(3)22(18,19)13-6-10(15)11(20-4)7-12(13)21-5;/h6-7H,8-9,16H2,1-5H3;1H. The fourth-order valence-corrected chi connectivity index (χ4v) is 4.13. The summed E-state index contributed by atoms with van der Waals surface area (Å²) in [6, 6.07) is 3.03. The van der Waals surface area contributed by atoms with Crippen molar-refractivity contribution in [3.63, 3.8) is 0 Å². The third-order valence-electron chi connectivity index (χ3n) is 3.33. The Morgan fingerprint density at radius 3 is 2.17 bits per heavy atom. The summed E-state index contributed by atoms with van der Waals surface area (Å²) in [4.78, 5) is 0.0815. The second kappa shape index (κ2) is 8.53. The van der Waals surface area contributed by atoms with E-state index in [1.165, 1.54) is 31.6 Å². The van der Waals surface area contributed by atoms with Gasteiger partial charge >= 0.3 is 0 Å². The van der Waals surface area contributed by atoms with Crippen LogP contribution in [0.25, 0.3) is 0 Å². The number of nitrogens with two attached hydrogens (primary N) is 1. The Labute approximate surface area is 152 Å². The quantitative estimate of drug-likeness (QED) is 0.717. The molecule has 1 rings (SSSR count). The molecule has 0 heterocycles. The van der Waals surface area contributed by atoms with E-state index >= 15 is 0 Å². The van der Waals surface area contributed by atoms with Crippen molar-refractivity contribution < 1.29 is 17.9 Å². The maximum atomic E-state index is 12.8. The van der Waals surface area contributed by atoms with Crippen LogP contribution in [0, 0.1) is 5.41 Å². The third kappa shape index (κ3) is 5.22. The van der Waals surface area contributed by atoms with Crippen LogP contribution in [-0.2, 0) is 10.0 Å². The first-order chi connectivity index (χ1) is 10.1. The summed E-state index contributed by atoms with van der Waals surface area (Å²) in [5, 5.41) is 0. The largest absolute Gasteiger partial charge is 0.495 e. The van der Waals surface area contributed by atoms with Gasteiger partial charge in [-0.1, -0.05) is 13.8 Å². The minimum Gasteiger partial charge on any atom is -0.495 e. The molecule has 9 heteroatoms. The van der Waals surface area contributed by atoms with E-state index in [4.69, 9.17) is 15.2 Å². The molecule has 0 saturated heterocycles. The van der Waals surface area contributed by atoms with Gasteiger partial charge in [-0.15, -0.1) is 12.4 Å². The van der Waals surface area contributed by atoms with Crippen molar-refractivity contribution in [2.75, 3.05) is 34.4 Å². The van der Waals surface area contributed by atoms with Gasteiger partial charge in [0.05, 0.1) is 18.7 Å². The molecule has 1 aromatic carbocycles. The molecular formula is C14H24BrClN2O4S. The van der Waals surface area contributed by atoms with Crippen molar-refractivity contribution in [2.24, 2.45) is 11.1 Å². The molecule has 0 aliphatic carbocycles. The van der Waals surface area contributed by atoms with Gasteiger partial charge in [-0.2, -0.15) is 0 Å². The fraction of sp³-hybridized carbons (Fsp3) is 0.571. The maximum absolute atomic E-state index is 12.8. The van der Waals surface area contributed by atoms with E-state index in [2.05, 4.69) is 15.9 Å². The van der Waals surface area contributed by atoms with Crippen LogP contribution in [0.1, 0.15) is 13.8 Å². The van der Waals surface area contributed by atoms with Crippen molar-refractivity contribution in [3.8, 4) is 11.5 Å². The normalized spacial score (nSPS) is 12.0. The summed E-state index contributed by atoms with van der Waals surface area (Å²) in [5.74, 6) is 0.734. The molecule has 0 aliphatic heterocycles. The lowest BCUT2D eigenvalue weighted by molar-refractivity contribution is 0.291. The van der Waals surface area contributed by atoms with Gasteiger partial charge in [0.25, 0.3) is 0 Å². The van der Waals surface area contributed by atoms with Gasteiger partial charge in [0.2, 0.25) is 10.0 Å². The highest BCUT2D eigenvalue weighted by Gasteiger charge is 2.30. The summed E-state index contributed by atoms with van der Waals surface area (Å²) < 4.78 is 37.8. The highest BCUT2D eigenvalue weighted by molar-refractivity contribution is 9.10. The third-order valence-corrected chi connectivity index (χ3v) is 5.77. The molecule has 0 aromatic heterocycles. The number of benzene rings is 1. The smallest absolute Gasteiger partial charge is 0.246 e. The molecule has 2 N–H and O–H groups in total. The lowest BCUT2D eigenvalue weighted by atomic mass is 9.94. The molecule has 0 radical (unpaired) electrons. The molecule has 6 nitrogen and oxygen atoms in total. The number of halogens is 2. The molecule has 0 aliphatic rings. The van der Waals surface area contributed by atoms with Crippen LogP contribution in [0.2, 0.25) is 0 Å². The molecule has 0 atom stereocenters. The SMILES string of the molecule is COc1cc(OC)c(S(=O)(=O)N(C)CC(C)(C)CN)cc1Br.Cl. The Morgan fingerprint density at radius 2 is 1.74 bits per heavy atom. The average molecular weight is 432 g/mol. The minimum atomic E-state index is -3.71. The Morgan fingerprint density at radius 1 is 1.22 bits per heavy atom. The van der Waals surface area contributed by atoms with E-state index in [0.29, 0.717) is 23.3 Å². The van der Waals surface area contributed by atoms with Crippen LogP contribution in [0.15, 0.2) is 21.5 Å². The number of sulfonamides is 1. The van der Waals surface area contributed by atoms with Crippen LogP contribution < -0.4 is 15.2 Å². The first-order valence-corrected chi connectivity index (χ1v) is 8.90. The molecule has 1 aromatic rings. The monoisotopic (exact) mass is 430 g/mol. The Kier molecular flexibility index (Phi) is 8.33. The summed E-state index contributed by atoms with van der Waals surface area (Å²) in [5.41, 5.74) is 5.36. The van der Waals surface area contributed by atoms with Gasteiger partial charge < -0.3 is 15.2 Å². The van der Waals surface area contributed by atoms with Crippen molar-refractivity contribution in [1.29, 1.82) is 0 Å². The molecule has 0 amide bonds. The fourth-order valence-electron chi connectivity index (χ4n) is 1.95. The minimum absolute atomic E-state index is 0. The second-order valence-corrected chi connectivity index (χ2v) is 8.63. The van der Waals surface area contributed by atoms with Gasteiger partial charge in [0.15, 0.2) is 0 Å². The Hall–Kier alpha value is -0.540. The zero-order chi connectivity index (χ0) is 17.1. The lowest BCUT2D eigenvalue weighted by Crippen LogP contribution is -2.39. The first-order valence-electron chi connectivity index (χ1n) is 6.67. The lowest BCUT2D eigenvalue weighted by Gasteiger charge is -2.29. The number of methoxy groups -OCH3 is 2. The predicted octanol–water partition coefficient (Wildman–Crippen LogP) is 2.49. The van der Waals surface area contributed by atoms with Gasteiger partial charge in [-0.25, -0.2) is 12.7 Å². The van der Waals surface area contributed by atoms with Crippen molar-refractivity contribution >= 4 is 38.4 Å². The highest BCUT2D eigenvalue weighted by atomic mass is 79.9. The summed E-state index contributed by atoms with van der Waals surface area (Å²) >= 11 is 3.30. The van der Waals surface area contributed by atoms with Crippen molar-refractivity contribution in [2.45, 2.75) is 18.7 Å². The summed E-state index contributed by atoms with van der Waals surface area (Å²) in [6.07, 6.45) is 0. The molecular weight excluding hydrogens is 408 g/mol. The number of rotatable bonds is 7. The second-order valence-electron chi connectivity index (χ2n) is 5.77. The van der Waals surface area contributed by atoms with E-state index in [1.54, 1.807) is 6.07 Å². The van der Waals surface area contributed by atoms with Crippen molar-refractivity contribution in [1.82, 2.24) is 4.31 Å². The maximum Gasteiger partial charge on any atom is 0.246 e. The molecule has 134 valence electrons. The first kappa shape index (κ1) is 22.5. The van der Waals surface area contributed by atoms with E-state index in [1.807, 2.05) is 13.8 Å². The van der Waals surface area contributed by atoms with Crippen LogP contribution in [0.4, 0.5) is 0 Å². The average Bonchev–Trinajstić information content (AvgIpc) is 2.46. The van der Waals surface area contributed by atoms with E-state index in [-0.39, 0.29) is 28.5 Å². The molecule has 0 unspecified atom stereocenters. The van der Waals surface area contributed by atoms with Gasteiger partial charge in [-0.05, 0) is 34.0 Å². The molecule has 23 heavy (non-hydrogen) atoms. The van der Waals surface area contributed by atoms with Gasteiger partial charge in [-0.3, -0.25) is 0 Å². The van der Waals surface area contributed by atoms with Gasteiger partial charge in [0, 0.05) is 19.7 Å². The van der Waals surface area contributed by atoms with Crippen LogP contribution in [-0.4, -0.2) is 47.1 Å². The van der Waals surface area contributed by atoms with E-state index in [0.717, 1.165) is 0 Å². The number of ether oxygens (including phenoxy) is 2. The topological polar surface area (TPSA) is 81.9 Å². The number of nitrogens with zero attached hydrogens (tertiary/aromatic N) is 1. The van der Waals surface area contributed by atoms with E-state index in [9.17, 15) is 8.42 Å². The highest BCUT2D eigenvalue weighted by Crippen LogP contribution is 2.36. The van der Waals surface area contributed by atoms with Crippen molar-refractivity contribution in [3.05, 3.63) is 16.6 Å². The zero-order valence-electron chi connectivity index (χ0n) is 13.9. The van der Waals surface area contributed by atoms with Crippen LogP contribution >= 0.6 is 28.3 Å². The molecule has 0 spiro atoms. The Balaban J connectivity index is 0.00000484. The summed E-state index contributed by atoms with van der Waals surface area (Å²) in [6.45, 7) is 4.52. The molecule has 0 bridgehead atoms. The van der Waals surface area contributed by atoms with Gasteiger partial charge in [0.1, 0.15) is 16.4 Å². The molecule has 0 saturated carbocycles. The molecule has 0 fully saturated rings. The predicted molar refractivity (Wildman–Crippen MR) is 97.1 cm³/mol. The zero-order valence-corrected chi connectivity index (χ0v) is 17.1. The van der Waals surface area contributed by atoms with E-state index < -0.39 is 10.0 Å². The van der Waals surface area contributed by atoms with Crippen LogP contribution in [0.5, 0.6) is 11.5 Å². The number of hydrogen-bond donors (Lipinski definition) is 1. The van der Waals surface area contributed by atoms with Crippen LogP contribution in [0.3, 0.4) is 0 Å². The summed E-state index contributed by atoms with van der Waals surface area (Å²) in [7, 11) is 0.752. The number of hydrogen-bond acceptors (Lipinski definition) is 5.